The minimum atomic E-state index is -3.99. The SMILES string of the molecule is Cc1nc(-c2ccc(NS(=O)(=O)c3cc(Cl)ccc3C#N)cc2)nc2[nH]ncc12. The van der Waals surface area contributed by atoms with Gasteiger partial charge in [0.05, 0.1) is 22.8 Å². The van der Waals surface area contributed by atoms with Crippen LogP contribution in [-0.4, -0.2) is 28.6 Å². The molecule has 2 aromatic carbocycles. The Morgan fingerprint density at radius 3 is 2.62 bits per heavy atom. The maximum Gasteiger partial charge on any atom is 0.263 e. The summed E-state index contributed by atoms with van der Waals surface area (Å²) in [6.07, 6.45) is 1.66. The number of halogens is 1. The fourth-order valence-corrected chi connectivity index (χ4v) is 4.30. The molecule has 0 atom stereocenters. The molecule has 10 heteroatoms. The Hall–Kier alpha value is -3.48. The van der Waals surface area contributed by atoms with Crippen LogP contribution >= 0.6 is 11.6 Å². The highest BCUT2D eigenvalue weighted by Crippen LogP contribution is 2.25. The van der Waals surface area contributed by atoms with E-state index in [1.807, 2.05) is 13.0 Å². The predicted molar refractivity (Wildman–Crippen MR) is 109 cm³/mol. The second-order valence-corrected chi connectivity index (χ2v) is 8.29. The van der Waals surface area contributed by atoms with Crippen molar-refractivity contribution in [3.05, 3.63) is 64.9 Å². The van der Waals surface area contributed by atoms with Crippen LogP contribution < -0.4 is 4.72 Å². The lowest BCUT2D eigenvalue weighted by molar-refractivity contribution is 0.601. The van der Waals surface area contributed by atoms with Gasteiger partial charge in [-0.1, -0.05) is 11.6 Å². The summed E-state index contributed by atoms with van der Waals surface area (Å²) in [5.41, 5.74) is 2.47. The van der Waals surface area contributed by atoms with Crippen molar-refractivity contribution in [2.75, 3.05) is 4.72 Å². The number of sulfonamides is 1. The first-order valence-electron chi connectivity index (χ1n) is 8.38. The number of nitrogens with one attached hydrogen (secondary N) is 2. The highest BCUT2D eigenvalue weighted by Gasteiger charge is 2.19. The number of anilines is 1. The summed E-state index contributed by atoms with van der Waals surface area (Å²) in [6, 6.07) is 12.5. The number of benzene rings is 2. The molecule has 0 saturated heterocycles. The highest BCUT2D eigenvalue weighted by atomic mass is 35.5. The molecule has 29 heavy (non-hydrogen) atoms. The molecule has 144 valence electrons. The number of fused-ring (bicyclic) bond motifs is 1. The Kier molecular flexibility index (Phi) is 4.66. The molecule has 0 unspecified atom stereocenters. The average Bonchev–Trinajstić information content (AvgIpc) is 3.17. The molecule has 4 rings (SSSR count). The first-order valence-corrected chi connectivity index (χ1v) is 10.2. The van der Waals surface area contributed by atoms with E-state index in [4.69, 9.17) is 11.6 Å². The summed E-state index contributed by atoms with van der Waals surface area (Å²) in [5, 5.41) is 17.0. The molecule has 0 aliphatic heterocycles. The van der Waals surface area contributed by atoms with E-state index in [1.54, 1.807) is 30.5 Å². The van der Waals surface area contributed by atoms with E-state index in [2.05, 4.69) is 24.9 Å². The minimum Gasteiger partial charge on any atom is -0.280 e. The van der Waals surface area contributed by atoms with E-state index in [-0.39, 0.29) is 15.5 Å². The van der Waals surface area contributed by atoms with Gasteiger partial charge < -0.3 is 0 Å². The fourth-order valence-electron chi connectivity index (χ4n) is 2.82. The summed E-state index contributed by atoms with van der Waals surface area (Å²) < 4.78 is 27.8. The average molecular weight is 425 g/mol. The van der Waals surface area contributed by atoms with E-state index in [1.165, 1.54) is 18.2 Å². The maximum atomic E-state index is 12.7. The van der Waals surface area contributed by atoms with Gasteiger partial charge in [0.1, 0.15) is 11.0 Å². The molecule has 0 radical (unpaired) electrons. The number of hydrogen-bond acceptors (Lipinski definition) is 6. The third-order valence-corrected chi connectivity index (χ3v) is 5.91. The zero-order valence-corrected chi connectivity index (χ0v) is 16.6. The monoisotopic (exact) mass is 424 g/mol. The first-order chi connectivity index (χ1) is 13.9. The Balaban J connectivity index is 1.64. The van der Waals surface area contributed by atoms with Crippen molar-refractivity contribution < 1.29 is 8.42 Å². The van der Waals surface area contributed by atoms with E-state index in [0.29, 0.717) is 22.7 Å². The van der Waals surface area contributed by atoms with Crippen LogP contribution in [0.5, 0.6) is 0 Å². The smallest absolute Gasteiger partial charge is 0.263 e. The van der Waals surface area contributed by atoms with Gasteiger partial charge in [-0.2, -0.15) is 10.4 Å². The van der Waals surface area contributed by atoms with Crippen LogP contribution in [0.15, 0.2) is 53.6 Å². The molecule has 2 N–H and O–H groups in total. The molecule has 0 spiro atoms. The number of H-pyrrole nitrogens is 1. The summed E-state index contributed by atoms with van der Waals surface area (Å²) in [7, 11) is -3.99. The van der Waals surface area contributed by atoms with Crippen LogP contribution in [0.2, 0.25) is 5.02 Å². The molecule has 0 aliphatic carbocycles. The second kappa shape index (κ2) is 7.16. The van der Waals surface area contributed by atoms with Gasteiger partial charge in [-0.05, 0) is 49.4 Å². The number of aromatic amines is 1. The molecular weight excluding hydrogens is 412 g/mol. The summed E-state index contributed by atoms with van der Waals surface area (Å²) in [6.45, 7) is 1.86. The van der Waals surface area contributed by atoms with E-state index < -0.39 is 10.0 Å². The minimum absolute atomic E-state index is 0.00950. The van der Waals surface area contributed by atoms with Crippen LogP contribution in [0, 0.1) is 18.3 Å². The van der Waals surface area contributed by atoms with Crippen LogP contribution in [0.1, 0.15) is 11.3 Å². The third-order valence-electron chi connectivity index (χ3n) is 4.25. The number of aromatic nitrogens is 4. The lowest BCUT2D eigenvalue weighted by Crippen LogP contribution is -2.14. The molecule has 0 fully saturated rings. The van der Waals surface area contributed by atoms with Crippen molar-refractivity contribution >= 4 is 38.3 Å². The zero-order valence-electron chi connectivity index (χ0n) is 15.0. The normalized spacial score (nSPS) is 11.3. The van der Waals surface area contributed by atoms with Gasteiger partial charge in [-0.15, -0.1) is 0 Å². The summed E-state index contributed by atoms with van der Waals surface area (Å²) in [4.78, 5) is 8.72. The Labute approximate surface area is 171 Å². The molecular formula is C19H13ClN6O2S. The number of hydrogen-bond donors (Lipinski definition) is 2. The van der Waals surface area contributed by atoms with Gasteiger partial charge in [0, 0.05) is 16.3 Å². The molecule has 0 bridgehead atoms. The van der Waals surface area contributed by atoms with Crippen molar-refractivity contribution in [1.29, 1.82) is 5.26 Å². The highest BCUT2D eigenvalue weighted by molar-refractivity contribution is 7.92. The zero-order chi connectivity index (χ0) is 20.6. The van der Waals surface area contributed by atoms with Gasteiger partial charge in [0.15, 0.2) is 11.5 Å². The third kappa shape index (κ3) is 3.63. The molecule has 2 heterocycles. The van der Waals surface area contributed by atoms with Crippen molar-refractivity contribution in [3.63, 3.8) is 0 Å². The molecule has 4 aromatic rings. The number of rotatable bonds is 4. The molecule has 0 aliphatic rings. The molecule has 0 saturated carbocycles. The lowest BCUT2D eigenvalue weighted by Gasteiger charge is -2.10. The Morgan fingerprint density at radius 2 is 1.90 bits per heavy atom. The van der Waals surface area contributed by atoms with E-state index in [0.717, 1.165) is 11.1 Å². The van der Waals surface area contributed by atoms with Gasteiger partial charge >= 0.3 is 0 Å². The van der Waals surface area contributed by atoms with Gasteiger partial charge in [-0.3, -0.25) is 9.82 Å². The Bertz CT molecular complexity index is 1370. The first kappa shape index (κ1) is 18.9. The van der Waals surface area contributed by atoms with Crippen molar-refractivity contribution in [3.8, 4) is 17.5 Å². The summed E-state index contributed by atoms with van der Waals surface area (Å²) >= 11 is 5.89. The quantitative estimate of drug-likeness (QED) is 0.515. The van der Waals surface area contributed by atoms with Crippen molar-refractivity contribution in [1.82, 2.24) is 20.2 Å². The molecule has 8 nitrogen and oxygen atoms in total. The van der Waals surface area contributed by atoms with Crippen LogP contribution in [-0.2, 0) is 10.0 Å². The summed E-state index contributed by atoms with van der Waals surface area (Å²) in [5.74, 6) is 0.496. The van der Waals surface area contributed by atoms with Gasteiger partial charge in [-0.25, -0.2) is 18.4 Å². The van der Waals surface area contributed by atoms with E-state index in [9.17, 15) is 13.7 Å². The molecule has 0 amide bonds. The second-order valence-electron chi connectivity index (χ2n) is 6.20. The number of aryl methyl sites for hydroxylation is 1. The van der Waals surface area contributed by atoms with Crippen molar-refractivity contribution in [2.45, 2.75) is 11.8 Å². The van der Waals surface area contributed by atoms with E-state index >= 15 is 0 Å². The molecule has 2 aromatic heterocycles. The maximum absolute atomic E-state index is 12.7. The van der Waals surface area contributed by atoms with Crippen LogP contribution in [0.25, 0.3) is 22.4 Å². The van der Waals surface area contributed by atoms with Crippen molar-refractivity contribution in [2.24, 2.45) is 0 Å². The van der Waals surface area contributed by atoms with Gasteiger partial charge in [0.2, 0.25) is 0 Å². The van der Waals surface area contributed by atoms with Gasteiger partial charge in [0.25, 0.3) is 10.0 Å². The lowest BCUT2D eigenvalue weighted by atomic mass is 10.2. The number of nitrogens with zero attached hydrogens (tertiary/aromatic N) is 4. The number of nitriles is 1. The largest absolute Gasteiger partial charge is 0.280 e. The van der Waals surface area contributed by atoms with Crippen LogP contribution in [0.4, 0.5) is 5.69 Å². The Morgan fingerprint density at radius 1 is 1.14 bits per heavy atom. The standard InChI is InChI=1S/C19H13ClN6O2S/c1-11-16-10-22-25-19(16)24-18(23-11)12-3-6-15(7-4-12)26-29(27,28)17-8-14(20)5-2-13(17)9-21/h2-8,10,26H,1H3,(H,22,23,24,25). The fraction of sp³-hybridized carbons (Fsp3) is 0.0526. The topological polar surface area (TPSA) is 124 Å². The van der Waals surface area contributed by atoms with Crippen LogP contribution in [0.3, 0.4) is 0 Å². The predicted octanol–water partition coefficient (Wildman–Crippen LogP) is 3.65.